The summed E-state index contributed by atoms with van der Waals surface area (Å²) in [5, 5.41) is 4.28. The van der Waals surface area contributed by atoms with Crippen LogP contribution in [0.4, 0.5) is 0 Å². The van der Waals surface area contributed by atoms with Gasteiger partial charge in [-0.05, 0) is 36.2 Å². The second-order valence-corrected chi connectivity index (χ2v) is 8.06. The predicted octanol–water partition coefficient (Wildman–Crippen LogP) is 5.67. The van der Waals surface area contributed by atoms with Crippen molar-refractivity contribution in [1.29, 1.82) is 0 Å². The molecule has 0 unspecified atom stereocenters. The fourth-order valence-corrected chi connectivity index (χ4v) is 4.59. The Balaban J connectivity index is 1.46. The molecule has 0 aliphatic carbocycles. The standard InChI is InChI=1S/C25H24N2OS/c1-19-9-5-6-12-21(19)18-29-24-17-27(23-14-8-7-13-22(23)24)16-15-26-25(28)20-10-3-2-4-11-20/h2-14,17H,15-16,18H2,1H3,(H,26,28). The van der Waals surface area contributed by atoms with Crippen LogP contribution in [0.25, 0.3) is 10.9 Å². The van der Waals surface area contributed by atoms with Crippen LogP contribution in [0.2, 0.25) is 0 Å². The number of fused-ring (bicyclic) bond motifs is 1. The highest BCUT2D eigenvalue weighted by atomic mass is 32.2. The molecule has 0 atom stereocenters. The van der Waals surface area contributed by atoms with Gasteiger partial charge in [0, 0.05) is 46.4 Å². The first-order valence-corrected chi connectivity index (χ1v) is 10.8. The Hall–Kier alpha value is -2.98. The zero-order valence-electron chi connectivity index (χ0n) is 16.5. The molecular weight excluding hydrogens is 376 g/mol. The molecule has 0 bridgehead atoms. The normalized spacial score (nSPS) is 10.9. The molecule has 146 valence electrons. The Kier molecular flexibility index (Phi) is 6.01. The van der Waals surface area contributed by atoms with Gasteiger partial charge in [-0.15, -0.1) is 11.8 Å². The molecule has 3 nitrogen and oxygen atoms in total. The number of hydrogen-bond acceptors (Lipinski definition) is 2. The van der Waals surface area contributed by atoms with Gasteiger partial charge in [0.15, 0.2) is 0 Å². The number of amides is 1. The number of carbonyl (C=O) groups excluding carboxylic acids is 1. The molecule has 29 heavy (non-hydrogen) atoms. The summed E-state index contributed by atoms with van der Waals surface area (Å²) in [6.07, 6.45) is 2.21. The first kappa shape index (κ1) is 19.3. The number of thioether (sulfide) groups is 1. The Bertz CT molecular complexity index is 1120. The Morgan fingerprint density at radius 1 is 0.931 bits per heavy atom. The van der Waals surface area contributed by atoms with Gasteiger partial charge in [-0.1, -0.05) is 60.7 Å². The second kappa shape index (κ2) is 9.01. The minimum Gasteiger partial charge on any atom is -0.350 e. The summed E-state index contributed by atoms with van der Waals surface area (Å²) in [7, 11) is 0. The second-order valence-electron chi connectivity index (χ2n) is 7.04. The fraction of sp³-hybridized carbons (Fsp3) is 0.160. The largest absolute Gasteiger partial charge is 0.350 e. The summed E-state index contributed by atoms with van der Waals surface area (Å²) in [6, 6.07) is 26.4. The number of nitrogens with one attached hydrogen (secondary N) is 1. The topological polar surface area (TPSA) is 34.0 Å². The maximum atomic E-state index is 12.3. The van der Waals surface area contributed by atoms with Gasteiger partial charge >= 0.3 is 0 Å². The van der Waals surface area contributed by atoms with Gasteiger partial charge in [0.2, 0.25) is 0 Å². The van der Waals surface area contributed by atoms with Crippen LogP contribution in [-0.2, 0) is 12.3 Å². The van der Waals surface area contributed by atoms with E-state index in [1.165, 1.54) is 26.9 Å². The summed E-state index contributed by atoms with van der Waals surface area (Å²) in [5.41, 5.74) is 4.59. The number of aromatic nitrogens is 1. The van der Waals surface area contributed by atoms with Gasteiger partial charge in [0.05, 0.1) is 0 Å². The van der Waals surface area contributed by atoms with Gasteiger partial charge in [0.1, 0.15) is 0 Å². The van der Waals surface area contributed by atoms with Crippen molar-refractivity contribution in [2.24, 2.45) is 0 Å². The molecule has 0 saturated heterocycles. The minimum absolute atomic E-state index is 0.0313. The highest BCUT2D eigenvalue weighted by molar-refractivity contribution is 7.98. The maximum Gasteiger partial charge on any atom is 0.251 e. The predicted molar refractivity (Wildman–Crippen MR) is 121 cm³/mol. The van der Waals surface area contributed by atoms with E-state index in [2.05, 4.69) is 71.5 Å². The fourth-order valence-electron chi connectivity index (χ4n) is 3.42. The SMILES string of the molecule is Cc1ccccc1CSc1cn(CCNC(=O)c2ccccc2)c2ccccc12. The first-order valence-electron chi connectivity index (χ1n) is 9.81. The van der Waals surface area contributed by atoms with E-state index in [1.54, 1.807) is 0 Å². The van der Waals surface area contributed by atoms with Gasteiger partial charge < -0.3 is 9.88 Å². The Morgan fingerprint density at radius 2 is 1.66 bits per heavy atom. The van der Waals surface area contributed by atoms with Crippen LogP contribution in [0, 0.1) is 6.92 Å². The third kappa shape index (κ3) is 4.54. The Labute approximate surface area is 175 Å². The molecule has 1 N–H and O–H groups in total. The molecule has 4 rings (SSSR count). The zero-order valence-corrected chi connectivity index (χ0v) is 17.3. The van der Waals surface area contributed by atoms with Crippen molar-refractivity contribution in [1.82, 2.24) is 9.88 Å². The number of nitrogens with zero attached hydrogens (tertiary/aromatic N) is 1. The molecule has 0 saturated carbocycles. The van der Waals surface area contributed by atoms with Gasteiger partial charge in [-0.2, -0.15) is 0 Å². The average Bonchev–Trinajstić information content (AvgIpc) is 3.11. The molecule has 0 aliphatic heterocycles. The third-order valence-corrected chi connectivity index (χ3v) is 6.16. The van der Waals surface area contributed by atoms with Crippen LogP contribution in [0.3, 0.4) is 0 Å². The lowest BCUT2D eigenvalue weighted by Crippen LogP contribution is -2.26. The quantitative estimate of drug-likeness (QED) is 0.405. The number of carbonyl (C=O) groups is 1. The molecule has 4 aromatic rings. The molecular formula is C25H24N2OS. The molecule has 0 fully saturated rings. The van der Waals surface area contributed by atoms with E-state index in [-0.39, 0.29) is 5.91 Å². The van der Waals surface area contributed by atoms with E-state index < -0.39 is 0 Å². The Morgan fingerprint density at radius 3 is 2.48 bits per heavy atom. The van der Waals surface area contributed by atoms with Crippen molar-refractivity contribution in [3.05, 3.63) is 102 Å². The molecule has 0 radical (unpaired) electrons. The number of hydrogen-bond donors (Lipinski definition) is 1. The van der Waals surface area contributed by atoms with Gasteiger partial charge in [-0.25, -0.2) is 0 Å². The van der Waals surface area contributed by atoms with Crippen molar-refractivity contribution in [3.8, 4) is 0 Å². The van der Waals surface area contributed by atoms with Crippen LogP contribution in [0.1, 0.15) is 21.5 Å². The van der Waals surface area contributed by atoms with Crippen molar-refractivity contribution in [2.75, 3.05) is 6.54 Å². The van der Waals surface area contributed by atoms with Crippen molar-refractivity contribution < 1.29 is 4.79 Å². The summed E-state index contributed by atoms with van der Waals surface area (Å²) >= 11 is 1.87. The van der Waals surface area contributed by atoms with Crippen LogP contribution in [-0.4, -0.2) is 17.0 Å². The molecule has 4 heteroatoms. The maximum absolute atomic E-state index is 12.3. The smallest absolute Gasteiger partial charge is 0.251 e. The average molecular weight is 401 g/mol. The van der Waals surface area contributed by atoms with Crippen molar-refractivity contribution in [2.45, 2.75) is 24.1 Å². The lowest BCUT2D eigenvalue weighted by molar-refractivity contribution is 0.0952. The summed E-state index contributed by atoms with van der Waals surface area (Å²) in [4.78, 5) is 13.5. The lowest BCUT2D eigenvalue weighted by atomic mass is 10.1. The van der Waals surface area contributed by atoms with Crippen LogP contribution >= 0.6 is 11.8 Å². The summed E-state index contributed by atoms with van der Waals surface area (Å²) in [6.45, 7) is 3.49. The molecule has 1 heterocycles. The van der Waals surface area contributed by atoms with E-state index in [9.17, 15) is 4.79 Å². The highest BCUT2D eigenvalue weighted by Crippen LogP contribution is 2.32. The monoisotopic (exact) mass is 400 g/mol. The summed E-state index contributed by atoms with van der Waals surface area (Å²) < 4.78 is 2.24. The van der Waals surface area contributed by atoms with Crippen molar-refractivity contribution >= 4 is 28.6 Å². The van der Waals surface area contributed by atoms with E-state index in [0.717, 1.165) is 12.3 Å². The number of benzene rings is 3. The van der Waals surface area contributed by atoms with Gasteiger partial charge in [0.25, 0.3) is 5.91 Å². The number of para-hydroxylation sites is 1. The molecule has 3 aromatic carbocycles. The van der Waals surface area contributed by atoms with Gasteiger partial charge in [-0.3, -0.25) is 4.79 Å². The van der Waals surface area contributed by atoms with E-state index >= 15 is 0 Å². The highest BCUT2D eigenvalue weighted by Gasteiger charge is 2.10. The van der Waals surface area contributed by atoms with Crippen LogP contribution in [0.5, 0.6) is 0 Å². The van der Waals surface area contributed by atoms with Crippen LogP contribution < -0.4 is 5.32 Å². The van der Waals surface area contributed by atoms with E-state index in [1.807, 2.05) is 42.1 Å². The lowest BCUT2D eigenvalue weighted by Gasteiger charge is -2.07. The number of rotatable bonds is 7. The zero-order chi connectivity index (χ0) is 20.1. The van der Waals surface area contributed by atoms with E-state index in [0.29, 0.717) is 12.1 Å². The van der Waals surface area contributed by atoms with Crippen molar-refractivity contribution in [3.63, 3.8) is 0 Å². The molecule has 0 spiro atoms. The number of aryl methyl sites for hydroxylation is 1. The third-order valence-electron chi connectivity index (χ3n) is 5.07. The molecule has 1 aromatic heterocycles. The summed E-state index contributed by atoms with van der Waals surface area (Å²) in [5.74, 6) is 0.919. The molecule has 1 amide bonds. The first-order chi connectivity index (χ1) is 14.2. The van der Waals surface area contributed by atoms with Crippen LogP contribution in [0.15, 0.2) is 90.0 Å². The molecule has 0 aliphatic rings. The van der Waals surface area contributed by atoms with E-state index in [4.69, 9.17) is 0 Å². The minimum atomic E-state index is -0.0313.